The molecule has 1 amide bonds. The average Bonchev–Trinajstić information content (AvgIpc) is 2.79. The van der Waals surface area contributed by atoms with Crippen LogP contribution in [0.15, 0.2) is 30.7 Å². The zero-order chi connectivity index (χ0) is 24.5. The second-order valence-corrected chi connectivity index (χ2v) is 9.83. The Morgan fingerprint density at radius 1 is 1.18 bits per heavy atom. The summed E-state index contributed by atoms with van der Waals surface area (Å²) in [4.78, 5) is 27.0. The van der Waals surface area contributed by atoms with Crippen LogP contribution in [0.4, 0.5) is 26.5 Å². The van der Waals surface area contributed by atoms with E-state index < -0.39 is 11.4 Å². The monoisotopic (exact) mass is 506 g/mol. The molecule has 2 aromatic heterocycles. The van der Waals surface area contributed by atoms with E-state index in [1.165, 1.54) is 18.5 Å². The van der Waals surface area contributed by atoms with E-state index in [0.717, 1.165) is 12.8 Å². The van der Waals surface area contributed by atoms with Crippen LogP contribution in [-0.4, -0.2) is 50.7 Å². The molecule has 2 N–H and O–H groups in total. The van der Waals surface area contributed by atoms with Crippen molar-refractivity contribution in [2.24, 2.45) is 0 Å². The van der Waals surface area contributed by atoms with E-state index in [1.54, 1.807) is 11.1 Å². The predicted molar refractivity (Wildman–Crippen MR) is 131 cm³/mol. The number of nitrogens with zero attached hydrogens (tertiary/aromatic N) is 4. The van der Waals surface area contributed by atoms with Crippen molar-refractivity contribution in [2.75, 3.05) is 23.7 Å². The van der Waals surface area contributed by atoms with Crippen molar-refractivity contribution in [2.45, 2.75) is 45.3 Å². The third-order valence-electron chi connectivity index (χ3n) is 5.31. The van der Waals surface area contributed by atoms with E-state index in [0.29, 0.717) is 35.6 Å². The highest BCUT2D eigenvalue weighted by molar-refractivity contribution is 6.42. The Hall–Kier alpha value is -2.91. The van der Waals surface area contributed by atoms with E-state index in [2.05, 4.69) is 25.6 Å². The Morgan fingerprint density at radius 3 is 2.62 bits per heavy atom. The molecule has 34 heavy (non-hydrogen) atoms. The number of carbonyl (C=O) groups is 1. The second-order valence-electron chi connectivity index (χ2n) is 9.04. The van der Waals surface area contributed by atoms with Gasteiger partial charge in [0.05, 0.1) is 27.4 Å². The van der Waals surface area contributed by atoms with Gasteiger partial charge >= 0.3 is 6.09 Å². The maximum atomic E-state index is 14.5. The molecule has 1 aliphatic heterocycles. The Balaban J connectivity index is 1.47. The number of pyridine rings is 1. The molecule has 0 spiro atoms. The molecule has 4 rings (SSSR count). The summed E-state index contributed by atoms with van der Waals surface area (Å²) in [5.74, 6) is 0.383. The van der Waals surface area contributed by atoms with Crippen LogP contribution in [0.3, 0.4) is 0 Å². The first-order valence-electron chi connectivity index (χ1n) is 10.9. The molecule has 1 saturated heterocycles. The van der Waals surface area contributed by atoms with Gasteiger partial charge in [0, 0.05) is 24.5 Å². The van der Waals surface area contributed by atoms with E-state index >= 15 is 0 Å². The number of rotatable bonds is 4. The number of fused-ring (bicyclic) bond motifs is 1. The van der Waals surface area contributed by atoms with Crippen LogP contribution in [0.25, 0.3) is 10.9 Å². The summed E-state index contributed by atoms with van der Waals surface area (Å²) in [5.41, 5.74) is 0.230. The van der Waals surface area contributed by atoms with Crippen molar-refractivity contribution < 1.29 is 13.9 Å². The van der Waals surface area contributed by atoms with Crippen molar-refractivity contribution in [1.29, 1.82) is 0 Å². The van der Waals surface area contributed by atoms with Gasteiger partial charge in [0.25, 0.3) is 0 Å². The summed E-state index contributed by atoms with van der Waals surface area (Å²) in [6, 6.07) is 4.96. The Kier molecular flexibility index (Phi) is 6.95. The maximum absolute atomic E-state index is 14.5. The van der Waals surface area contributed by atoms with Gasteiger partial charge in [0.2, 0.25) is 0 Å². The van der Waals surface area contributed by atoms with Gasteiger partial charge in [0.15, 0.2) is 5.82 Å². The van der Waals surface area contributed by atoms with Gasteiger partial charge in [-0.15, -0.1) is 0 Å². The smallest absolute Gasteiger partial charge is 0.410 e. The third kappa shape index (κ3) is 5.59. The average molecular weight is 507 g/mol. The lowest BCUT2D eigenvalue weighted by Crippen LogP contribution is -2.44. The van der Waals surface area contributed by atoms with Crippen molar-refractivity contribution in [3.63, 3.8) is 0 Å². The van der Waals surface area contributed by atoms with Gasteiger partial charge in [0.1, 0.15) is 23.6 Å². The largest absolute Gasteiger partial charge is 0.444 e. The highest BCUT2D eigenvalue weighted by atomic mass is 35.5. The molecule has 1 aliphatic rings. The second kappa shape index (κ2) is 9.76. The molecule has 0 atom stereocenters. The number of nitrogens with one attached hydrogen (secondary N) is 2. The number of piperidine rings is 1. The first kappa shape index (κ1) is 24.2. The molecule has 11 heteroatoms. The minimum atomic E-state index is -0.662. The highest BCUT2D eigenvalue weighted by Crippen LogP contribution is 2.33. The van der Waals surface area contributed by atoms with Gasteiger partial charge in [-0.05, 0) is 51.8 Å². The van der Waals surface area contributed by atoms with Crippen LogP contribution in [0.5, 0.6) is 0 Å². The molecule has 1 aromatic carbocycles. The van der Waals surface area contributed by atoms with Crippen LogP contribution >= 0.6 is 23.2 Å². The predicted octanol–water partition coefficient (Wildman–Crippen LogP) is 6.03. The van der Waals surface area contributed by atoms with Gasteiger partial charge < -0.3 is 20.3 Å². The number of halogens is 3. The van der Waals surface area contributed by atoms with Crippen LogP contribution < -0.4 is 10.6 Å². The fraction of sp³-hybridized carbons (Fsp3) is 0.391. The standard InChI is InChI=1S/C23H25Cl2FN6O2/c1-23(2,3)34-22(33)32-8-6-13(7-9-32)30-18-10-14-17(11-27-18)28-12-29-21(14)31-16-5-4-15(24)19(25)20(16)26/h4-5,10-13H,6-9H2,1-3H3,(H,27,30)(H,28,29,31). The number of ether oxygens (including phenoxy) is 1. The Bertz CT molecular complexity index is 1210. The lowest BCUT2D eigenvalue weighted by Gasteiger charge is -2.33. The quantitative estimate of drug-likeness (QED) is 0.417. The van der Waals surface area contributed by atoms with Crippen LogP contribution in [0.2, 0.25) is 10.0 Å². The number of carbonyl (C=O) groups excluding carboxylic acids is 1. The third-order valence-corrected chi connectivity index (χ3v) is 6.09. The van der Waals surface area contributed by atoms with Crippen LogP contribution in [-0.2, 0) is 4.74 Å². The van der Waals surface area contributed by atoms with Crippen molar-refractivity contribution in [3.05, 3.63) is 46.6 Å². The molecule has 0 bridgehead atoms. The first-order chi connectivity index (χ1) is 16.1. The number of anilines is 3. The number of hydrogen-bond donors (Lipinski definition) is 2. The molecule has 0 unspecified atom stereocenters. The Labute approximate surface area is 206 Å². The van der Waals surface area contributed by atoms with Crippen LogP contribution in [0.1, 0.15) is 33.6 Å². The first-order valence-corrected chi connectivity index (χ1v) is 11.6. The topological polar surface area (TPSA) is 92.3 Å². The summed E-state index contributed by atoms with van der Waals surface area (Å²) >= 11 is 11.8. The zero-order valence-corrected chi connectivity index (χ0v) is 20.5. The minimum absolute atomic E-state index is 0.130. The summed E-state index contributed by atoms with van der Waals surface area (Å²) in [7, 11) is 0. The molecule has 0 saturated carbocycles. The number of hydrogen-bond acceptors (Lipinski definition) is 7. The molecule has 3 aromatic rings. The maximum Gasteiger partial charge on any atom is 0.410 e. The molecule has 0 radical (unpaired) electrons. The van der Waals surface area contributed by atoms with Gasteiger partial charge in [-0.2, -0.15) is 0 Å². The molecular formula is C23H25Cl2FN6O2. The molecule has 1 fully saturated rings. The van der Waals surface area contributed by atoms with E-state index in [4.69, 9.17) is 27.9 Å². The number of likely N-dealkylation sites (tertiary alicyclic amines) is 1. The normalized spacial score (nSPS) is 14.8. The summed E-state index contributed by atoms with van der Waals surface area (Å²) < 4.78 is 20.0. The van der Waals surface area contributed by atoms with Gasteiger partial charge in [-0.25, -0.2) is 24.1 Å². The molecule has 0 aliphatic carbocycles. The van der Waals surface area contributed by atoms with Crippen molar-refractivity contribution >= 4 is 57.5 Å². The zero-order valence-electron chi connectivity index (χ0n) is 19.0. The lowest BCUT2D eigenvalue weighted by molar-refractivity contribution is 0.0210. The van der Waals surface area contributed by atoms with Crippen molar-refractivity contribution in [3.8, 4) is 0 Å². The van der Waals surface area contributed by atoms with Gasteiger partial charge in [-0.3, -0.25) is 0 Å². The SMILES string of the molecule is CC(C)(C)OC(=O)N1CCC(Nc2cc3c(Nc4ccc(Cl)c(Cl)c4F)ncnc3cn2)CC1. The number of amides is 1. The van der Waals surface area contributed by atoms with E-state index in [9.17, 15) is 9.18 Å². The fourth-order valence-corrected chi connectivity index (χ4v) is 3.94. The van der Waals surface area contributed by atoms with E-state index in [1.807, 2.05) is 26.8 Å². The number of aromatic nitrogens is 3. The molecule has 3 heterocycles. The van der Waals surface area contributed by atoms with Crippen LogP contribution in [0, 0.1) is 5.82 Å². The van der Waals surface area contributed by atoms with E-state index in [-0.39, 0.29) is 27.9 Å². The molecule has 8 nitrogen and oxygen atoms in total. The van der Waals surface area contributed by atoms with Crippen molar-refractivity contribution in [1.82, 2.24) is 19.9 Å². The summed E-state index contributed by atoms with van der Waals surface area (Å²) in [5, 5.41) is 7.02. The Morgan fingerprint density at radius 2 is 1.91 bits per heavy atom. The summed E-state index contributed by atoms with van der Waals surface area (Å²) in [6.07, 6.45) is 4.22. The highest BCUT2D eigenvalue weighted by Gasteiger charge is 2.27. The molecule has 180 valence electrons. The molecular weight excluding hydrogens is 482 g/mol. The lowest BCUT2D eigenvalue weighted by atomic mass is 10.1. The van der Waals surface area contributed by atoms with Gasteiger partial charge in [-0.1, -0.05) is 23.2 Å². The fourth-order valence-electron chi connectivity index (χ4n) is 3.63. The number of benzene rings is 1. The summed E-state index contributed by atoms with van der Waals surface area (Å²) in [6.45, 7) is 6.74. The minimum Gasteiger partial charge on any atom is -0.444 e.